The number of hydrogen-bond acceptors (Lipinski definition) is 4. The summed E-state index contributed by atoms with van der Waals surface area (Å²) in [5.74, 6) is 1.06. The molecule has 1 aromatic carbocycles. The second kappa shape index (κ2) is 8.05. The van der Waals surface area contributed by atoms with Crippen molar-refractivity contribution in [2.75, 3.05) is 17.7 Å². The molecule has 21 heavy (non-hydrogen) atoms. The Balaban J connectivity index is 1.82. The predicted octanol–water partition coefficient (Wildman–Crippen LogP) is 3.97. The van der Waals surface area contributed by atoms with Gasteiger partial charge in [0, 0.05) is 16.4 Å². The third kappa shape index (κ3) is 5.40. The van der Waals surface area contributed by atoms with E-state index in [1.807, 2.05) is 43.3 Å². The fraction of sp³-hybridized carbons (Fsp3) is 0.200. The van der Waals surface area contributed by atoms with Crippen molar-refractivity contribution in [2.45, 2.75) is 11.9 Å². The molecule has 110 valence electrons. The Hall–Kier alpha value is -1.53. The minimum atomic E-state index is -0.0612. The maximum atomic E-state index is 11.9. The highest BCUT2D eigenvalue weighted by Gasteiger charge is 2.05. The van der Waals surface area contributed by atoms with Crippen molar-refractivity contribution in [1.82, 2.24) is 4.98 Å². The lowest BCUT2D eigenvalue weighted by Gasteiger charge is -2.07. The van der Waals surface area contributed by atoms with Crippen molar-refractivity contribution in [3.05, 3.63) is 47.1 Å². The number of nitrogens with one attached hydrogen (secondary N) is 1. The summed E-state index contributed by atoms with van der Waals surface area (Å²) in [6, 6.07) is 11.1. The third-order valence-electron chi connectivity index (χ3n) is 2.50. The van der Waals surface area contributed by atoms with Crippen LogP contribution < -0.4 is 10.1 Å². The maximum Gasteiger partial charge on any atom is 0.234 e. The lowest BCUT2D eigenvalue weighted by molar-refractivity contribution is -0.113. The van der Waals surface area contributed by atoms with E-state index in [1.54, 1.807) is 6.20 Å². The normalized spacial score (nSPS) is 10.2. The van der Waals surface area contributed by atoms with Gasteiger partial charge in [-0.1, -0.05) is 11.8 Å². The van der Waals surface area contributed by atoms with Crippen LogP contribution in [0.5, 0.6) is 5.75 Å². The molecular formula is C15H15BrN2O2S. The fourth-order valence-corrected chi connectivity index (χ4v) is 2.46. The number of nitrogens with zero attached hydrogens (tertiary/aromatic N) is 1. The number of pyridine rings is 1. The average Bonchev–Trinajstić information content (AvgIpc) is 2.49. The van der Waals surface area contributed by atoms with Crippen LogP contribution in [0.25, 0.3) is 0 Å². The number of rotatable bonds is 6. The van der Waals surface area contributed by atoms with Crippen molar-refractivity contribution in [2.24, 2.45) is 0 Å². The van der Waals surface area contributed by atoms with Gasteiger partial charge < -0.3 is 10.1 Å². The van der Waals surface area contributed by atoms with Gasteiger partial charge in [-0.2, -0.15) is 0 Å². The van der Waals surface area contributed by atoms with E-state index in [0.29, 0.717) is 12.4 Å². The molecule has 2 rings (SSSR count). The van der Waals surface area contributed by atoms with E-state index in [4.69, 9.17) is 4.74 Å². The molecule has 0 fully saturated rings. The molecule has 1 aromatic heterocycles. The van der Waals surface area contributed by atoms with Gasteiger partial charge in [-0.15, -0.1) is 0 Å². The van der Waals surface area contributed by atoms with E-state index in [1.165, 1.54) is 11.8 Å². The first-order valence-corrected chi connectivity index (χ1v) is 8.22. The maximum absolute atomic E-state index is 11.9. The third-order valence-corrected chi connectivity index (χ3v) is 3.91. The lowest BCUT2D eigenvalue weighted by Crippen LogP contribution is -2.14. The molecule has 0 radical (unpaired) electrons. The number of amides is 1. The van der Waals surface area contributed by atoms with E-state index in [0.717, 1.165) is 20.9 Å². The van der Waals surface area contributed by atoms with Crippen molar-refractivity contribution in [3.63, 3.8) is 0 Å². The summed E-state index contributed by atoms with van der Waals surface area (Å²) in [5, 5.41) is 3.66. The van der Waals surface area contributed by atoms with Crippen LogP contribution in [0.3, 0.4) is 0 Å². The lowest BCUT2D eigenvalue weighted by atomic mass is 10.3. The molecule has 1 amide bonds. The summed E-state index contributed by atoms with van der Waals surface area (Å²) in [6.45, 7) is 2.56. The molecule has 4 nitrogen and oxygen atoms in total. The monoisotopic (exact) mass is 366 g/mol. The summed E-state index contributed by atoms with van der Waals surface area (Å²) in [5.41, 5.74) is 0.757. The van der Waals surface area contributed by atoms with Crippen LogP contribution in [0.4, 0.5) is 5.69 Å². The van der Waals surface area contributed by atoms with Gasteiger partial charge in [0.1, 0.15) is 5.75 Å². The molecular weight excluding hydrogens is 352 g/mol. The van der Waals surface area contributed by atoms with Gasteiger partial charge in [0.05, 0.1) is 17.4 Å². The van der Waals surface area contributed by atoms with E-state index < -0.39 is 0 Å². The summed E-state index contributed by atoms with van der Waals surface area (Å²) >= 11 is 4.72. The Morgan fingerprint density at radius 2 is 2.05 bits per heavy atom. The van der Waals surface area contributed by atoms with Crippen LogP contribution in [0.15, 0.2) is 52.1 Å². The molecule has 0 saturated heterocycles. The number of anilines is 1. The first-order valence-electron chi connectivity index (χ1n) is 6.44. The molecule has 0 aliphatic heterocycles. The average molecular weight is 367 g/mol. The first-order chi connectivity index (χ1) is 10.2. The Bertz CT molecular complexity index is 588. The van der Waals surface area contributed by atoms with Crippen molar-refractivity contribution >= 4 is 39.3 Å². The number of thioether (sulfide) groups is 1. The van der Waals surface area contributed by atoms with Crippen molar-refractivity contribution < 1.29 is 9.53 Å². The van der Waals surface area contributed by atoms with E-state index in [9.17, 15) is 4.79 Å². The van der Waals surface area contributed by atoms with E-state index in [2.05, 4.69) is 26.2 Å². The van der Waals surface area contributed by atoms with Crippen molar-refractivity contribution in [3.8, 4) is 5.75 Å². The number of benzene rings is 1. The summed E-state index contributed by atoms with van der Waals surface area (Å²) in [4.78, 5) is 16.1. The zero-order valence-electron chi connectivity index (χ0n) is 11.5. The largest absolute Gasteiger partial charge is 0.494 e. The molecule has 0 atom stereocenters. The van der Waals surface area contributed by atoms with Gasteiger partial charge in [-0.3, -0.25) is 4.79 Å². The van der Waals surface area contributed by atoms with Gasteiger partial charge in [0.2, 0.25) is 5.91 Å². The molecule has 0 aliphatic rings. The minimum absolute atomic E-state index is 0.0612. The standard InChI is InChI=1S/C15H15BrN2O2S/c1-2-20-13-6-4-12(5-7-13)18-14(19)10-21-15-8-3-11(16)9-17-15/h3-9H,2,10H2,1H3,(H,18,19). The molecule has 1 N–H and O–H groups in total. The van der Waals surface area contributed by atoms with E-state index in [-0.39, 0.29) is 5.91 Å². The van der Waals surface area contributed by atoms with E-state index >= 15 is 0 Å². The molecule has 0 spiro atoms. The van der Waals surface area contributed by atoms with Crippen molar-refractivity contribution in [1.29, 1.82) is 0 Å². The Kier molecular flexibility index (Phi) is 6.07. The van der Waals surface area contributed by atoms with Crippen LogP contribution in [-0.2, 0) is 4.79 Å². The number of carbonyl (C=O) groups is 1. The Morgan fingerprint density at radius 3 is 2.67 bits per heavy atom. The van der Waals surface area contributed by atoms with Gasteiger partial charge in [-0.25, -0.2) is 4.98 Å². The van der Waals surface area contributed by atoms with Crippen LogP contribution >= 0.6 is 27.7 Å². The number of halogens is 1. The SMILES string of the molecule is CCOc1ccc(NC(=O)CSc2ccc(Br)cn2)cc1. The molecule has 0 aliphatic carbocycles. The fourth-order valence-electron chi connectivity index (χ4n) is 1.59. The molecule has 0 bridgehead atoms. The summed E-state index contributed by atoms with van der Waals surface area (Å²) in [6.07, 6.45) is 1.71. The molecule has 2 aromatic rings. The molecule has 6 heteroatoms. The number of carbonyl (C=O) groups excluding carboxylic acids is 1. The highest BCUT2D eigenvalue weighted by molar-refractivity contribution is 9.10. The Labute approximate surface area is 136 Å². The van der Waals surface area contributed by atoms with Crippen LogP contribution in [0.2, 0.25) is 0 Å². The Morgan fingerprint density at radius 1 is 1.29 bits per heavy atom. The van der Waals surface area contributed by atoms with Gasteiger partial charge in [-0.05, 0) is 59.3 Å². The second-order valence-electron chi connectivity index (χ2n) is 4.11. The highest BCUT2D eigenvalue weighted by atomic mass is 79.9. The number of hydrogen-bond donors (Lipinski definition) is 1. The zero-order chi connectivity index (χ0) is 15.1. The van der Waals surface area contributed by atoms with Gasteiger partial charge >= 0.3 is 0 Å². The van der Waals surface area contributed by atoms with Crippen LogP contribution in [0.1, 0.15) is 6.92 Å². The number of ether oxygens (including phenoxy) is 1. The van der Waals surface area contributed by atoms with Gasteiger partial charge in [0.25, 0.3) is 0 Å². The first kappa shape index (κ1) is 15.9. The van der Waals surface area contributed by atoms with Gasteiger partial charge in [0.15, 0.2) is 0 Å². The quantitative estimate of drug-likeness (QED) is 0.785. The smallest absolute Gasteiger partial charge is 0.234 e. The zero-order valence-corrected chi connectivity index (χ0v) is 13.9. The molecule has 0 saturated carbocycles. The van der Waals surface area contributed by atoms with Crippen LogP contribution in [-0.4, -0.2) is 23.3 Å². The highest BCUT2D eigenvalue weighted by Crippen LogP contribution is 2.19. The minimum Gasteiger partial charge on any atom is -0.494 e. The number of aromatic nitrogens is 1. The van der Waals surface area contributed by atoms with Crippen LogP contribution in [0, 0.1) is 0 Å². The molecule has 1 heterocycles. The topological polar surface area (TPSA) is 51.2 Å². The summed E-state index contributed by atoms with van der Waals surface area (Å²) in [7, 11) is 0. The predicted molar refractivity (Wildman–Crippen MR) is 88.9 cm³/mol. The second-order valence-corrected chi connectivity index (χ2v) is 6.02. The summed E-state index contributed by atoms with van der Waals surface area (Å²) < 4.78 is 6.27. The molecule has 0 unspecified atom stereocenters.